The van der Waals surface area contributed by atoms with E-state index in [0.29, 0.717) is 17.8 Å². The van der Waals surface area contributed by atoms with E-state index >= 15 is 0 Å². The van der Waals surface area contributed by atoms with E-state index in [9.17, 15) is 4.79 Å². The molecular weight excluding hydrogens is 286 g/mol. The molecule has 1 saturated heterocycles. The molecule has 1 aliphatic rings. The lowest BCUT2D eigenvalue weighted by molar-refractivity contribution is 0.0797. The van der Waals surface area contributed by atoms with Gasteiger partial charge in [0.15, 0.2) is 0 Å². The van der Waals surface area contributed by atoms with Gasteiger partial charge in [0.05, 0.1) is 0 Å². The van der Waals surface area contributed by atoms with Gasteiger partial charge in [-0.1, -0.05) is 6.42 Å². The van der Waals surface area contributed by atoms with E-state index in [1.165, 1.54) is 19.3 Å². The third-order valence-corrected chi connectivity index (χ3v) is 4.07. The summed E-state index contributed by atoms with van der Waals surface area (Å²) in [5.41, 5.74) is 6.97. The summed E-state index contributed by atoms with van der Waals surface area (Å²) in [6.07, 6.45) is 3.84. The molecule has 0 atom stereocenters. The molecule has 0 aromatic heterocycles. The van der Waals surface area contributed by atoms with Crippen molar-refractivity contribution in [3.05, 3.63) is 29.8 Å². The van der Waals surface area contributed by atoms with Crippen LogP contribution in [0, 0.1) is 0 Å². The molecule has 1 aliphatic heterocycles. The number of carbonyl (C=O) groups excluding carboxylic acids is 1. The molecule has 3 N–H and O–H groups in total. The second-order valence-electron chi connectivity index (χ2n) is 6.16. The molecule has 21 heavy (non-hydrogen) atoms. The number of benzene rings is 1. The SMILES string of the molecule is CC(C)(CNC(=O)c1ccc(N)cc1)N1CCCCC1.Cl. The molecule has 2 rings (SSSR count). The van der Waals surface area contributed by atoms with Crippen LogP contribution in [-0.2, 0) is 0 Å². The minimum Gasteiger partial charge on any atom is -0.399 e. The summed E-state index contributed by atoms with van der Waals surface area (Å²) >= 11 is 0. The van der Waals surface area contributed by atoms with Gasteiger partial charge in [-0.25, -0.2) is 0 Å². The van der Waals surface area contributed by atoms with Crippen LogP contribution in [-0.4, -0.2) is 36.0 Å². The molecule has 5 heteroatoms. The van der Waals surface area contributed by atoms with Gasteiger partial charge in [0.25, 0.3) is 5.91 Å². The first-order chi connectivity index (χ1) is 9.49. The normalized spacial score (nSPS) is 16.1. The standard InChI is InChI=1S/C16H25N3O.ClH/c1-16(2,19-10-4-3-5-11-19)12-18-15(20)13-6-8-14(17)9-7-13;/h6-9H,3-5,10-12,17H2,1-2H3,(H,18,20);1H. The topological polar surface area (TPSA) is 58.4 Å². The number of piperidine rings is 1. The molecule has 4 nitrogen and oxygen atoms in total. The molecule has 1 aromatic rings. The maximum atomic E-state index is 12.1. The number of likely N-dealkylation sites (tertiary alicyclic amines) is 1. The Kier molecular flexibility index (Phi) is 6.49. The highest BCUT2D eigenvalue weighted by Crippen LogP contribution is 2.20. The van der Waals surface area contributed by atoms with Crippen LogP contribution in [0.5, 0.6) is 0 Å². The second-order valence-corrected chi connectivity index (χ2v) is 6.16. The Bertz CT molecular complexity index is 453. The quantitative estimate of drug-likeness (QED) is 0.841. The number of halogens is 1. The minimum atomic E-state index is -0.0323. The van der Waals surface area contributed by atoms with Crippen molar-refractivity contribution in [2.75, 3.05) is 25.4 Å². The van der Waals surface area contributed by atoms with Crippen LogP contribution >= 0.6 is 12.4 Å². The van der Waals surface area contributed by atoms with E-state index in [1.54, 1.807) is 24.3 Å². The van der Waals surface area contributed by atoms with E-state index < -0.39 is 0 Å². The lowest BCUT2D eigenvalue weighted by Gasteiger charge is -2.41. The first-order valence-electron chi connectivity index (χ1n) is 7.38. The van der Waals surface area contributed by atoms with Crippen LogP contribution in [0.1, 0.15) is 43.5 Å². The van der Waals surface area contributed by atoms with Gasteiger partial charge < -0.3 is 11.1 Å². The maximum Gasteiger partial charge on any atom is 0.251 e. The molecule has 0 bridgehead atoms. The average Bonchev–Trinajstić information content (AvgIpc) is 2.46. The lowest BCUT2D eigenvalue weighted by Crippen LogP contribution is -2.53. The molecule has 1 aromatic carbocycles. The number of anilines is 1. The third-order valence-electron chi connectivity index (χ3n) is 4.07. The van der Waals surface area contributed by atoms with Crippen LogP contribution in [0.2, 0.25) is 0 Å². The third kappa shape index (κ3) is 4.90. The van der Waals surface area contributed by atoms with Crippen molar-refractivity contribution in [3.8, 4) is 0 Å². The van der Waals surface area contributed by atoms with E-state index in [0.717, 1.165) is 13.1 Å². The minimum absolute atomic E-state index is 0. The van der Waals surface area contributed by atoms with Gasteiger partial charge in [-0.2, -0.15) is 0 Å². The number of nitrogens with zero attached hydrogens (tertiary/aromatic N) is 1. The summed E-state index contributed by atoms with van der Waals surface area (Å²) in [5.74, 6) is -0.0323. The number of nitrogen functional groups attached to an aromatic ring is 1. The summed E-state index contributed by atoms with van der Waals surface area (Å²) < 4.78 is 0. The smallest absolute Gasteiger partial charge is 0.251 e. The van der Waals surface area contributed by atoms with Gasteiger partial charge >= 0.3 is 0 Å². The van der Waals surface area contributed by atoms with Crippen LogP contribution < -0.4 is 11.1 Å². The Morgan fingerprint density at radius 2 is 1.76 bits per heavy atom. The first kappa shape index (κ1) is 17.8. The van der Waals surface area contributed by atoms with E-state index in [4.69, 9.17) is 5.73 Å². The zero-order valence-corrected chi connectivity index (χ0v) is 13.7. The van der Waals surface area contributed by atoms with Crippen molar-refractivity contribution in [1.29, 1.82) is 0 Å². The maximum absolute atomic E-state index is 12.1. The monoisotopic (exact) mass is 311 g/mol. The van der Waals surface area contributed by atoms with Gasteiger partial charge in [-0.15, -0.1) is 12.4 Å². The number of nitrogens with one attached hydrogen (secondary N) is 1. The van der Waals surface area contributed by atoms with Crippen LogP contribution in [0.25, 0.3) is 0 Å². The molecule has 0 radical (unpaired) electrons. The van der Waals surface area contributed by atoms with Crippen molar-refractivity contribution in [1.82, 2.24) is 10.2 Å². The largest absolute Gasteiger partial charge is 0.399 e. The van der Waals surface area contributed by atoms with Gasteiger partial charge in [0.2, 0.25) is 0 Å². The predicted octanol–water partition coefficient (Wildman–Crippen LogP) is 2.68. The number of rotatable bonds is 4. The molecule has 1 heterocycles. The molecule has 1 fully saturated rings. The average molecular weight is 312 g/mol. The molecule has 118 valence electrons. The number of amides is 1. The summed E-state index contributed by atoms with van der Waals surface area (Å²) in [4.78, 5) is 14.6. The molecule has 0 saturated carbocycles. The van der Waals surface area contributed by atoms with Crippen LogP contribution in [0.3, 0.4) is 0 Å². The zero-order chi connectivity index (χ0) is 14.6. The highest BCUT2D eigenvalue weighted by molar-refractivity contribution is 5.94. The summed E-state index contributed by atoms with van der Waals surface area (Å²) in [6.45, 7) is 7.31. The molecular formula is C16H26ClN3O. The molecule has 0 spiro atoms. The summed E-state index contributed by atoms with van der Waals surface area (Å²) in [6, 6.07) is 7.03. The lowest BCUT2D eigenvalue weighted by atomic mass is 9.98. The Labute approximate surface area is 133 Å². The first-order valence-corrected chi connectivity index (χ1v) is 7.38. The van der Waals surface area contributed by atoms with Crippen LogP contribution in [0.15, 0.2) is 24.3 Å². The van der Waals surface area contributed by atoms with Crippen molar-refractivity contribution >= 4 is 24.0 Å². The zero-order valence-electron chi connectivity index (χ0n) is 12.9. The summed E-state index contributed by atoms with van der Waals surface area (Å²) in [5, 5.41) is 3.03. The van der Waals surface area contributed by atoms with Crippen molar-refractivity contribution in [3.63, 3.8) is 0 Å². The van der Waals surface area contributed by atoms with E-state index in [-0.39, 0.29) is 23.9 Å². The molecule has 1 amide bonds. The Hall–Kier alpha value is -1.26. The van der Waals surface area contributed by atoms with E-state index in [1.807, 2.05) is 0 Å². The van der Waals surface area contributed by atoms with Crippen molar-refractivity contribution in [2.24, 2.45) is 0 Å². The summed E-state index contributed by atoms with van der Waals surface area (Å²) in [7, 11) is 0. The second kappa shape index (κ2) is 7.66. The van der Waals surface area contributed by atoms with Crippen LogP contribution in [0.4, 0.5) is 5.69 Å². The van der Waals surface area contributed by atoms with Gasteiger partial charge in [0.1, 0.15) is 0 Å². The number of nitrogens with two attached hydrogens (primary N) is 1. The van der Waals surface area contributed by atoms with Crippen molar-refractivity contribution in [2.45, 2.75) is 38.6 Å². The fourth-order valence-corrected chi connectivity index (χ4v) is 2.64. The molecule has 0 unspecified atom stereocenters. The number of hydrogen-bond donors (Lipinski definition) is 2. The Morgan fingerprint density at radius 1 is 1.19 bits per heavy atom. The van der Waals surface area contributed by atoms with Gasteiger partial charge in [0, 0.05) is 23.3 Å². The van der Waals surface area contributed by atoms with Gasteiger partial charge in [-0.05, 0) is 64.0 Å². The van der Waals surface area contributed by atoms with Crippen molar-refractivity contribution < 1.29 is 4.79 Å². The fraction of sp³-hybridized carbons (Fsp3) is 0.562. The number of carbonyl (C=O) groups is 1. The Morgan fingerprint density at radius 3 is 2.33 bits per heavy atom. The fourth-order valence-electron chi connectivity index (χ4n) is 2.64. The number of hydrogen-bond acceptors (Lipinski definition) is 3. The Balaban J connectivity index is 0.00000220. The van der Waals surface area contributed by atoms with E-state index in [2.05, 4.69) is 24.1 Å². The molecule has 0 aliphatic carbocycles. The highest BCUT2D eigenvalue weighted by atomic mass is 35.5. The predicted molar refractivity (Wildman–Crippen MR) is 89.9 cm³/mol. The highest BCUT2D eigenvalue weighted by Gasteiger charge is 2.28. The van der Waals surface area contributed by atoms with Gasteiger partial charge in [-0.3, -0.25) is 9.69 Å².